The Morgan fingerprint density at radius 1 is 1.36 bits per heavy atom. The van der Waals surface area contributed by atoms with Crippen LogP contribution in [0.15, 0.2) is 11.1 Å². The average Bonchev–Trinajstić information content (AvgIpc) is 2.99. The second kappa shape index (κ2) is 11.0. The van der Waals surface area contributed by atoms with Crippen LogP contribution in [0, 0.1) is 0 Å². The number of hydrogen-bond acceptors (Lipinski definition) is 7. The number of nitrogens with zero attached hydrogens (tertiary/aromatic N) is 3. The predicted molar refractivity (Wildman–Crippen MR) is 94.4 cm³/mol. The molecule has 0 aliphatic heterocycles. The smallest absolute Gasteiger partial charge is 0.389 e. The first-order chi connectivity index (χ1) is 11.8. The van der Waals surface area contributed by atoms with Gasteiger partial charge in [-0.15, -0.1) is 0 Å². The first kappa shape index (κ1) is 23.2. The van der Waals surface area contributed by atoms with Gasteiger partial charge in [0.1, 0.15) is 0 Å². The Hall–Kier alpha value is -1.78. The Bertz CT molecular complexity index is 740. The number of nitrogens with one attached hydrogen (secondary N) is 2. The van der Waals surface area contributed by atoms with E-state index in [0.29, 0.717) is 0 Å². The van der Waals surface area contributed by atoms with E-state index in [-0.39, 0.29) is 23.7 Å². The van der Waals surface area contributed by atoms with Crippen LogP contribution in [0.2, 0.25) is 0 Å². The lowest BCUT2D eigenvalue weighted by atomic mass is 10.4. The monoisotopic (exact) mass is 379 g/mol. The zero-order valence-electron chi connectivity index (χ0n) is 14.9. The molecule has 2 rings (SSSR count). The number of aromatic nitrogens is 4. The van der Waals surface area contributed by atoms with Gasteiger partial charge in [-0.2, -0.15) is 4.98 Å². The van der Waals surface area contributed by atoms with Crippen molar-refractivity contribution in [3.63, 3.8) is 0 Å². The van der Waals surface area contributed by atoms with Crippen molar-refractivity contribution in [1.29, 1.82) is 0 Å². The van der Waals surface area contributed by atoms with Crippen LogP contribution < -0.4 is 10.9 Å². The zero-order valence-corrected chi connectivity index (χ0v) is 15.8. The summed E-state index contributed by atoms with van der Waals surface area (Å²) in [7, 11) is -3.07. The van der Waals surface area contributed by atoms with E-state index in [2.05, 4.69) is 24.8 Å². The minimum absolute atomic E-state index is 0.0872. The molecule has 5 N–H and O–H groups in total. The van der Waals surface area contributed by atoms with E-state index in [1.165, 1.54) is 10.9 Å². The van der Waals surface area contributed by atoms with Gasteiger partial charge in [0.2, 0.25) is 5.95 Å². The summed E-state index contributed by atoms with van der Waals surface area (Å²) < 4.78 is 16.1. The summed E-state index contributed by atoms with van der Waals surface area (Å²) >= 11 is 0. The predicted octanol–water partition coefficient (Wildman–Crippen LogP) is 0.684. The molecular formula is C13H26N5O6P. The average molecular weight is 379 g/mol. The van der Waals surface area contributed by atoms with E-state index in [4.69, 9.17) is 9.79 Å². The van der Waals surface area contributed by atoms with Gasteiger partial charge in [-0.25, -0.2) is 9.55 Å². The fourth-order valence-corrected chi connectivity index (χ4v) is 2.03. The van der Waals surface area contributed by atoms with Crippen LogP contribution in [0.1, 0.15) is 27.7 Å². The molecule has 2 heterocycles. The summed E-state index contributed by atoms with van der Waals surface area (Å²) in [6.07, 6.45) is 0.0988. The van der Waals surface area contributed by atoms with Crippen molar-refractivity contribution in [2.24, 2.45) is 0 Å². The third-order valence-corrected chi connectivity index (χ3v) is 3.04. The molecule has 1 atom stereocenters. The summed E-state index contributed by atoms with van der Waals surface area (Å²) in [6.45, 7) is 7.35. The first-order valence-corrected chi connectivity index (χ1v) is 9.34. The van der Waals surface area contributed by atoms with Gasteiger partial charge in [0.05, 0.1) is 25.6 Å². The van der Waals surface area contributed by atoms with Crippen LogP contribution in [0.4, 0.5) is 5.95 Å². The number of anilines is 1. The molecule has 0 saturated carbocycles. The molecule has 0 radical (unpaired) electrons. The highest BCUT2D eigenvalue weighted by Crippen LogP contribution is 2.35. The highest BCUT2D eigenvalue weighted by Gasteiger charge is 2.18. The van der Waals surface area contributed by atoms with Crippen molar-refractivity contribution in [3.05, 3.63) is 16.7 Å². The lowest BCUT2D eigenvalue weighted by Gasteiger charge is -2.12. The molecule has 25 heavy (non-hydrogen) atoms. The third kappa shape index (κ3) is 7.32. The van der Waals surface area contributed by atoms with E-state index >= 15 is 0 Å². The Labute approximate surface area is 145 Å². The Morgan fingerprint density at radius 3 is 2.48 bits per heavy atom. The Morgan fingerprint density at radius 2 is 1.96 bits per heavy atom. The first-order valence-electron chi connectivity index (χ1n) is 7.81. The van der Waals surface area contributed by atoms with Crippen molar-refractivity contribution < 1.29 is 24.0 Å². The van der Waals surface area contributed by atoms with Crippen LogP contribution >= 0.6 is 7.82 Å². The molecule has 12 heteroatoms. The molecule has 2 aromatic rings. The highest BCUT2D eigenvalue weighted by atomic mass is 31.2. The summed E-state index contributed by atoms with van der Waals surface area (Å²) in [4.78, 5) is 39.3. The second-order valence-electron chi connectivity index (χ2n) is 4.17. The van der Waals surface area contributed by atoms with Crippen molar-refractivity contribution in [2.75, 3.05) is 19.0 Å². The molecule has 0 aliphatic carbocycles. The van der Waals surface area contributed by atoms with Gasteiger partial charge in [0.15, 0.2) is 11.2 Å². The molecule has 0 amide bonds. The quantitative estimate of drug-likeness (QED) is 0.454. The lowest BCUT2D eigenvalue weighted by Crippen LogP contribution is -2.21. The van der Waals surface area contributed by atoms with Crippen molar-refractivity contribution in [3.8, 4) is 0 Å². The van der Waals surface area contributed by atoms with E-state index in [1.54, 1.807) is 7.05 Å². The number of aliphatic hydroxyl groups excluding tert-OH is 1. The molecule has 11 nitrogen and oxygen atoms in total. The molecule has 0 aromatic carbocycles. The topological polar surface area (TPSA) is 163 Å². The molecule has 2 aromatic heterocycles. The number of hydrogen-bond donors (Lipinski definition) is 5. The summed E-state index contributed by atoms with van der Waals surface area (Å²) in [5, 5.41) is 12.4. The van der Waals surface area contributed by atoms with Gasteiger partial charge in [-0.05, 0) is 0 Å². The summed E-state index contributed by atoms with van der Waals surface area (Å²) in [5.74, 6) is 0.232. The number of phosphoric acid groups is 1. The van der Waals surface area contributed by atoms with Crippen LogP contribution in [-0.2, 0) is 15.6 Å². The molecule has 1 unspecified atom stereocenters. The van der Waals surface area contributed by atoms with Gasteiger partial charge in [0, 0.05) is 7.05 Å². The number of rotatable bonds is 6. The normalized spacial score (nSPS) is 11.8. The summed E-state index contributed by atoms with van der Waals surface area (Å²) in [6, 6.07) is 0. The Kier molecular flexibility index (Phi) is 10.2. The molecule has 0 spiro atoms. The van der Waals surface area contributed by atoms with Gasteiger partial charge >= 0.3 is 7.82 Å². The van der Waals surface area contributed by atoms with Crippen LogP contribution in [0.3, 0.4) is 0 Å². The number of aromatic amines is 1. The number of aliphatic hydroxyl groups is 1. The number of imidazole rings is 1. The second-order valence-corrected chi connectivity index (χ2v) is 5.41. The maximum atomic E-state index is 11.7. The highest BCUT2D eigenvalue weighted by molar-refractivity contribution is 7.46. The minimum Gasteiger partial charge on any atom is -0.389 e. The maximum absolute atomic E-state index is 11.7. The van der Waals surface area contributed by atoms with E-state index in [0.717, 1.165) is 0 Å². The number of phosphoric ester groups is 1. The van der Waals surface area contributed by atoms with Crippen LogP contribution in [0.5, 0.6) is 0 Å². The molecule has 0 saturated heterocycles. The number of H-pyrrole nitrogens is 1. The Balaban J connectivity index is 0.00000134. The minimum atomic E-state index is -4.64. The SMILES string of the molecule is CC.CC.CNc1nc2c(ncn2CC(O)COP(=O)(O)O)c(=O)[nH]1. The summed E-state index contributed by atoms with van der Waals surface area (Å²) in [5.41, 5.74) is -0.112. The molecule has 0 bridgehead atoms. The van der Waals surface area contributed by atoms with Gasteiger partial charge in [-0.1, -0.05) is 27.7 Å². The maximum Gasteiger partial charge on any atom is 0.469 e. The van der Waals surface area contributed by atoms with E-state index in [1.807, 2.05) is 27.7 Å². The largest absolute Gasteiger partial charge is 0.469 e. The van der Waals surface area contributed by atoms with Crippen LogP contribution in [-0.4, -0.2) is 54.2 Å². The standard InChI is InChI=1S/C9H14N5O6P.2C2H6/c1-10-9-12-7-6(8(16)13-9)11-4-14(7)2-5(15)3-20-21(17,18)19;2*1-2/h4-5,15H,2-3H2,1H3,(H2,17,18,19)(H2,10,12,13,16);2*1-2H3. The molecular weight excluding hydrogens is 353 g/mol. The molecule has 0 aliphatic rings. The fraction of sp³-hybridized carbons (Fsp3) is 0.615. The van der Waals surface area contributed by atoms with Gasteiger partial charge in [0.25, 0.3) is 5.56 Å². The van der Waals surface area contributed by atoms with Gasteiger partial charge < -0.3 is 24.8 Å². The van der Waals surface area contributed by atoms with E-state index < -0.39 is 26.1 Å². The third-order valence-electron chi connectivity index (χ3n) is 2.55. The lowest BCUT2D eigenvalue weighted by molar-refractivity contribution is 0.0740. The fourth-order valence-electron chi connectivity index (χ4n) is 1.67. The van der Waals surface area contributed by atoms with Crippen molar-refractivity contribution in [2.45, 2.75) is 40.3 Å². The van der Waals surface area contributed by atoms with Crippen molar-refractivity contribution in [1.82, 2.24) is 19.5 Å². The number of fused-ring (bicyclic) bond motifs is 1. The van der Waals surface area contributed by atoms with Crippen molar-refractivity contribution >= 4 is 24.9 Å². The molecule has 0 fully saturated rings. The van der Waals surface area contributed by atoms with E-state index in [9.17, 15) is 14.5 Å². The van der Waals surface area contributed by atoms with Gasteiger partial charge in [-0.3, -0.25) is 14.3 Å². The zero-order chi connectivity index (χ0) is 19.6. The molecule has 144 valence electrons. The van der Waals surface area contributed by atoms with Crippen LogP contribution in [0.25, 0.3) is 11.2 Å².